The predicted molar refractivity (Wildman–Crippen MR) is 89.6 cm³/mol. The van der Waals surface area contributed by atoms with Gasteiger partial charge in [0.05, 0.1) is 0 Å². The number of rotatable bonds is 1. The summed E-state index contributed by atoms with van der Waals surface area (Å²) in [5, 5.41) is 0. The lowest BCUT2D eigenvalue weighted by atomic mass is 9.93. The summed E-state index contributed by atoms with van der Waals surface area (Å²) < 4.78 is 5.41. The highest BCUT2D eigenvalue weighted by Crippen LogP contribution is 2.21. The molecular weight excluding hydrogens is 261 g/mol. The van der Waals surface area contributed by atoms with E-state index in [1.165, 1.54) is 16.6 Å². The molecule has 1 aromatic rings. The number of piperidine rings is 1. The summed E-state index contributed by atoms with van der Waals surface area (Å²) in [5.74, 6) is 0. The number of amides is 1. The topological polar surface area (TPSA) is 29.5 Å². The Kier molecular flexibility index (Phi) is 4.76. The van der Waals surface area contributed by atoms with Gasteiger partial charge in [-0.15, -0.1) is 0 Å². The van der Waals surface area contributed by atoms with Crippen molar-refractivity contribution in [1.82, 2.24) is 4.90 Å². The van der Waals surface area contributed by atoms with Crippen molar-refractivity contribution in [2.45, 2.75) is 39.2 Å². The predicted octanol–water partition coefficient (Wildman–Crippen LogP) is 2.36. The second-order valence-electron chi connectivity index (χ2n) is 6.68. The minimum Gasteiger partial charge on any atom is -0.444 e. The molecule has 0 aliphatic carbocycles. The molecule has 1 aliphatic rings. The number of hydrogen-bond acceptors (Lipinski definition) is 2. The van der Waals surface area contributed by atoms with Gasteiger partial charge in [-0.25, -0.2) is 4.79 Å². The second kappa shape index (κ2) is 6.38. The van der Waals surface area contributed by atoms with Crippen LogP contribution in [0.15, 0.2) is 29.8 Å². The van der Waals surface area contributed by atoms with Crippen LogP contribution in [0.4, 0.5) is 4.79 Å². The lowest BCUT2D eigenvalue weighted by Crippen LogP contribution is -2.40. The fourth-order valence-electron chi connectivity index (χ4n) is 2.44. The van der Waals surface area contributed by atoms with Gasteiger partial charge in [-0.1, -0.05) is 41.4 Å². The van der Waals surface area contributed by atoms with Gasteiger partial charge in [-0.3, -0.25) is 0 Å². The van der Waals surface area contributed by atoms with Crippen LogP contribution in [-0.2, 0) is 4.74 Å². The quantitative estimate of drug-likeness (QED) is 0.741. The van der Waals surface area contributed by atoms with Gasteiger partial charge in [0.25, 0.3) is 0 Å². The first-order valence-corrected chi connectivity index (χ1v) is 7.57. The molecule has 2 rings (SSSR count). The van der Waals surface area contributed by atoms with E-state index in [0.717, 1.165) is 25.9 Å². The maximum Gasteiger partial charge on any atom is 0.410 e. The smallest absolute Gasteiger partial charge is 0.410 e. The Hall–Kier alpha value is -1.71. The fourth-order valence-corrected chi connectivity index (χ4v) is 2.44. The molecule has 4 heteroatoms. The molecule has 0 radical (unpaired) electrons. The summed E-state index contributed by atoms with van der Waals surface area (Å²) in [4.78, 5) is 13.8. The molecule has 21 heavy (non-hydrogen) atoms. The van der Waals surface area contributed by atoms with Crippen LogP contribution in [0.3, 0.4) is 0 Å². The van der Waals surface area contributed by atoms with Crippen LogP contribution >= 0.6 is 0 Å². The van der Waals surface area contributed by atoms with Crippen LogP contribution in [0, 0.1) is 0 Å². The van der Waals surface area contributed by atoms with Crippen molar-refractivity contribution >= 4 is 25.5 Å². The molecular formula is C17H24BNO2. The van der Waals surface area contributed by atoms with Gasteiger partial charge in [0.2, 0.25) is 0 Å². The van der Waals surface area contributed by atoms with E-state index in [1.807, 2.05) is 20.8 Å². The first-order chi connectivity index (χ1) is 9.83. The second-order valence-corrected chi connectivity index (χ2v) is 6.68. The van der Waals surface area contributed by atoms with E-state index in [-0.39, 0.29) is 6.09 Å². The van der Waals surface area contributed by atoms with Crippen molar-refractivity contribution in [3.8, 4) is 0 Å². The highest BCUT2D eigenvalue weighted by Gasteiger charge is 2.24. The Morgan fingerprint density at radius 1 is 1.29 bits per heavy atom. The molecule has 0 unspecified atom stereocenters. The Morgan fingerprint density at radius 2 is 1.95 bits per heavy atom. The SMILES string of the molecule is Bc1cccc(C=C2CCN(C(=O)OC(C)(C)C)CC2)c1. The summed E-state index contributed by atoms with van der Waals surface area (Å²) in [6.45, 7) is 7.19. The molecule has 1 saturated heterocycles. The molecule has 1 fully saturated rings. The normalized spacial score (nSPS) is 15.8. The van der Waals surface area contributed by atoms with Crippen molar-refractivity contribution in [2.75, 3.05) is 13.1 Å². The fraction of sp³-hybridized carbons (Fsp3) is 0.471. The van der Waals surface area contributed by atoms with Crippen LogP contribution in [0.5, 0.6) is 0 Å². The van der Waals surface area contributed by atoms with Crippen LogP contribution in [0.25, 0.3) is 6.08 Å². The maximum atomic E-state index is 12.0. The Bertz CT molecular complexity index is 536. The average Bonchev–Trinajstić information content (AvgIpc) is 2.37. The zero-order valence-corrected chi connectivity index (χ0v) is 13.5. The van der Waals surface area contributed by atoms with Gasteiger partial charge >= 0.3 is 6.09 Å². The van der Waals surface area contributed by atoms with Gasteiger partial charge < -0.3 is 9.64 Å². The van der Waals surface area contributed by atoms with Gasteiger partial charge in [0.15, 0.2) is 0 Å². The highest BCUT2D eigenvalue weighted by atomic mass is 16.6. The van der Waals surface area contributed by atoms with Crippen molar-refractivity contribution in [3.05, 3.63) is 35.4 Å². The third-order valence-corrected chi connectivity index (χ3v) is 3.47. The highest BCUT2D eigenvalue weighted by molar-refractivity contribution is 6.32. The number of nitrogens with zero attached hydrogens (tertiary/aromatic N) is 1. The van der Waals surface area contributed by atoms with Crippen molar-refractivity contribution in [1.29, 1.82) is 0 Å². The molecule has 1 aromatic carbocycles. The molecule has 0 atom stereocenters. The van der Waals surface area contributed by atoms with Gasteiger partial charge in [0.1, 0.15) is 13.4 Å². The minimum absolute atomic E-state index is 0.197. The van der Waals surface area contributed by atoms with E-state index in [2.05, 4.69) is 38.2 Å². The maximum absolute atomic E-state index is 12.0. The number of benzene rings is 1. The molecule has 1 amide bonds. The Balaban J connectivity index is 1.93. The van der Waals surface area contributed by atoms with E-state index in [1.54, 1.807) is 4.90 Å². The number of ether oxygens (including phenoxy) is 1. The van der Waals surface area contributed by atoms with Crippen LogP contribution < -0.4 is 5.46 Å². The molecule has 112 valence electrons. The zero-order chi connectivity index (χ0) is 15.5. The van der Waals surface area contributed by atoms with Gasteiger partial charge in [0, 0.05) is 13.1 Å². The number of likely N-dealkylation sites (tertiary alicyclic amines) is 1. The third kappa shape index (κ3) is 4.96. The zero-order valence-electron chi connectivity index (χ0n) is 13.5. The minimum atomic E-state index is -0.422. The summed E-state index contributed by atoms with van der Waals surface area (Å²) in [6.07, 6.45) is 3.90. The van der Waals surface area contributed by atoms with E-state index in [0.29, 0.717) is 0 Å². The first kappa shape index (κ1) is 15.7. The van der Waals surface area contributed by atoms with Gasteiger partial charge in [-0.05, 0) is 39.2 Å². The molecule has 0 bridgehead atoms. The standard InChI is InChI=1S/C17H24BNO2/c1-17(2,3)21-16(20)19-9-7-13(8-10-19)11-14-5-4-6-15(18)12-14/h4-6,11-12H,7-10,18H2,1-3H3. The van der Waals surface area contributed by atoms with E-state index in [9.17, 15) is 4.79 Å². The number of carbonyl (C=O) groups is 1. The molecule has 0 saturated carbocycles. The van der Waals surface area contributed by atoms with Crippen molar-refractivity contribution in [2.24, 2.45) is 0 Å². The Morgan fingerprint density at radius 3 is 2.52 bits per heavy atom. The molecule has 1 heterocycles. The largest absolute Gasteiger partial charge is 0.444 e. The summed E-state index contributed by atoms with van der Waals surface area (Å²) >= 11 is 0. The van der Waals surface area contributed by atoms with Crippen molar-refractivity contribution in [3.63, 3.8) is 0 Å². The van der Waals surface area contributed by atoms with Crippen LogP contribution in [-0.4, -0.2) is 37.5 Å². The summed E-state index contributed by atoms with van der Waals surface area (Å²) in [6, 6.07) is 8.50. The number of hydrogen-bond donors (Lipinski definition) is 0. The summed E-state index contributed by atoms with van der Waals surface area (Å²) in [5.41, 5.74) is 3.50. The molecule has 0 spiro atoms. The Labute approximate surface area is 128 Å². The molecule has 3 nitrogen and oxygen atoms in total. The first-order valence-electron chi connectivity index (χ1n) is 7.57. The average molecular weight is 285 g/mol. The van der Waals surface area contributed by atoms with Crippen molar-refractivity contribution < 1.29 is 9.53 Å². The van der Waals surface area contributed by atoms with E-state index in [4.69, 9.17) is 4.74 Å². The van der Waals surface area contributed by atoms with Crippen LogP contribution in [0.2, 0.25) is 0 Å². The van der Waals surface area contributed by atoms with Crippen LogP contribution in [0.1, 0.15) is 39.2 Å². The molecule has 1 aliphatic heterocycles. The summed E-state index contributed by atoms with van der Waals surface area (Å²) in [7, 11) is 2.10. The van der Waals surface area contributed by atoms with Gasteiger partial charge in [-0.2, -0.15) is 0 Å². The monoisotopic (exact) mass is 285 g/mol. The lowest BCUT2D eigenvalue weighted by molar-refractivity contribution is 0.0237. The van der Waals surface area contributed by atoms with E-state index >= 15 is 0 Å². The number of carbonyl (C=O) groups excluding carboxylic acids is 1. The third-order valence-electron chi connectivity index (χ3n) is 3.47. The molecule has 0 aromatic heterocycles. The van der Waals surface area contributed by atoms with E-state index < -0.39 is 5.60 Å². The molecule has 0 N–H and O–H groups in total. The lowest BCUT2D eigenvalue weighted by Gasteiger charge is -2.31.